The van der Waals surface area contributed by atoms with E-state index >= 15 is 0 Å². The molecule has 0 aromatic carbocycles. The first-order chi connectivity index (χ1) is 8.22. The molecule has 0 amide bonds. The largest absolute Gasteiger partial charge is 0.337 e. The monoisotopic (exact) mass is 235 g/mol. The van der Waals surface area contributed by atoms with Gasteiger partial charge in [-0.25, -0.2) is 8.91 Å². The van der Waals surface area contributed by atoms with E-state index in [2.05, 4.69) is 27.2 Å². The van der Waals surface area contributed by atoms with Crippen LogP contribution in [0.25, 0.3) is 5.65 Å². The van der Waals surface area contributed by atoms with E-state index in [4.69, 9.17) is 0 Å². The number of nitrogens with zero attached hydrogens (tertiary/aromatic N) is 4. The molecular weight excluding hydrogens is 221 g/mol. The zero-order valence-corrected chi connectivity index (χ0v) is 9.60. The molecule has 6 heteroatoms. The topological polar surface area (TPSA) is 45.5 Å². The van der Waals surface area contributed by atoms with E-state index in [0.717, 1.165) is 19.6 Å². The molecule has 5 nitrogen and oxygen atoms in total. The number of nitrogens with one attached hydrogen (secondary N) is 1. The summed E-state index contributed by atoms with van der Waals surface area (Å²) in [5.74, 6) is 0.367. The maximum Gasteiger partial charge on any atom is 0.245 e. The summed E-state index contributed by atoms with van der Waals surface area (Å²) in [7, 11) is 0. The van der Waals surface area contributed by atoms with Crippen molar-refractivity contribution in [2.24, 2.45) is 0 Å². The first-order valence-electron chi connectivity index (χ1n) is 5.72. The predicted octanol–water partition coefficient (Wildman–Crippen LogP) is 0.666. The van der Waals surface area contributed by atoms with Crippen LogP contribution in [0.2, 0.25) is 0 Å². The Kier molecular flexibility index (Phi) is 2.44. The average molecular weight is 235 g/mol. The highest BCUT2D eigenvalue weighted by atomic mass is 19.1. The van der Waals surface area contributed by atoms with Gasteiger partial charge >= 0.3 is 0 Å². The van der Waals surface area contributed by atoms with Crippen molar-refractivity contribution in [1.82, 2.24) is 19.9 Å². The van der Waals surface area contributed by atoms with E-state index < -0.39 is 0 Å². The van der Waals surface area contributed by atoms with Gasteiger partial charge in [0.1, 0.15) is 5.82 Å². The van der Waals surface area contributed by atoms with Gasteiger partial charge in [0.15, 0.2) is 5.65 Å². The first-order valence-corrected chi connectivity index (χ1v) is 5.72. The zero-order chi connectivity index (χ0) is 11.8. The van der Waals surface area contributed by atoms with Gasteiger partial charge in [-0.3, -0.25) is 0 Å². The smallest absolute Gasteiger partial charge is 0.245 e. The van der Waals surface area contributed by atoms with Gasteiger partial charge < -0.3 is 10.2 Å². The molecule has 1 saturated heterocycles. The lowest BCUT2D eigenvalue weighted by molar-refractivity contribution is 0.479. The van der Waals surface area contributed by atoms with Crippen molar-refractivity contribution in [1.29, 1.82) is 0 Å². The second-order valence-electron chi connectivity index (χ2n) is 4.36. The molecule has 1 aliphatic heterocycles. The van der Waals surface area contributed by atoms with Crippen molar-refractivity contribution in [3.05, 3.63) is 24.1 Å². The normalized spacial score (nSPS) is 21.1. The van der Waals surface area contributed by atoms with Crippen molar-refractivity contribution < 1.29 is 4.39 Å². The lowest BCUT2D eigenvalue weighted by Crippen LogP contribution is -2.49. The third kappa shape index (κ3) is 1.95. The molecule has 0 radical (unpaired) electrons. The summed E-state index contributed by atoms with van der Waals surface area (Å²) in [6.07, 6.45) is 1.34. The molecule has 0 aliphatic carbocycles. The van der Waals surface area contributed by atoms with Crippen LogP contribution < -0.4 is 10.2 Å². The minimum atomic E-state index is -0.303. The van der Waals surface area contributed by atoms with Gasteiger partial charge in [0, 0.05) is 25.7 Å². The molecule has 1 N–H and O–H groups in total. The Balaban J connectivity index is 1.94. The molecule has 1 aliphatic rings. The van der Waals surface area contributed by atoms with E-state index in [1.165, 1.54) is 16.8 Å². The maximum absolute atomic E-state index is 13.0. The summed E-state index contributed by atoms with van der Waals surface area (Å²) in [6, 6.07) is 3.46. The summed E-state index contributed by atoms with van der Waals surface area (Å²) in [5.41, 5.74) is 0.674. The quantitative estimate of drug-likeness (QED) is 0.789. The van der Waals surface area contributed by atoms with Gasteiger partial charge in [-0.2, -0.15) is 4.98 Å². The van der Waals surface area contributed by atoms with Crippen molar-refractivity contribution >= 4 is 11.6 Å². The minimum absolute atomic E-state index is 0.303. The van der Waals surface area contributed by atoms with Gasteiger partial charge in [-0.15, -0.1) is 5.10 Å². The molecule has 2 aromatic heterocycles. The number of fused-ring (bicyclic) bond motifs is 1. The van der Waals surface area contributed by atoms with Crippen LogP contribution in [0, 0.1) is 5.82 Å². The fourth-order valence-electron chi connectivity index (χ4n) is 2.09. The molecule has 2 aromatic rings. The number of rotatable bonds is 1. The van der Waals surface area contributed by atoms with Crippen molar-refractivity contribution in [2.75, 3.05) is 24.5 Å². The molecule has 3 rings (SSSR count). The van der Waals surface area contributed by atoms with Crippen LogP contribution >= 0.6 is 0 Å². The number of aromatic nitrogens is 3. The molecule has 1 unspecified atom stereocenters. The highest BCUT2D eigenvalue weighted by Crippen LogP contribution is 2.13. The van der Waals surface area contributed by atoms with Gasteiger partial charge in [-0.1, -0.05) is 0 Å². The lowest BCUT2D eigenvalue weighted by atomic mass is 10.2. The highest BCUT2D eigenvalue weighted by molar-refractivity contribution is 5.44. The second-order valence-corrected chi connectivity index (χ2v) is 4.36. The van der Waals surface area contributed by atoms with E-state index in [1.807, 2.05) is 0 Å². The van der Waals surface area contributed by atoms with Gasteiger partial charge in [0.05, 0.1) is 6.20 Å². The second kappa shape index (κ2) is 3.96. The lowest BCUT2D eigenvalue weighted by Gasteiger charge is -2.30. The van der Waals surface area contributed by atoms with Crippen LogP contribution in [0.4, 0.5) is 10.3 Å². The summed E-state index contributed by atoms with van der Waals surface area (Å²) in [6.45, 7) is 4.80. The molecule has 0 spiro atoms. The summed E-state index contributed by atoms with van der Waals surface area (Å²) >= 11 is 0. The molecule has 90 valence electrons. The third-order valence-electron chi connectivity index (χ3n) is 2.94. The summed E-state index contributed by atoms with van der Waals surface area (Å²) in [5, 5.41) is 7.66. The Bertz CT molecular complexity index is 538. The van der Waals surface area contributed by atoms with E-state index in [-0.39, 0.29) is 5.82 Å². The minimum Gasteiger partial charge on any atom is -0.337 e. The molecule has 1 fully saturated rings. The number of piperazine rings is 1. The molecule has 17 heavy (non-hydrogen) atoms. The Morgan fingerprint density at radius 2 is 2.35 bits per heavy atom. The Hall–Kier alpha value is -1.69. The van der Waals surface area contributed by atoms with E-state index in [1.54, 1.807) is 6.07 Å². The molecule has 3 heterocycles. The Labute approximate surface area is 98.3 Å². The maximum atomic E-state index is 13.0. The van der Waals surface area contributed by atoms with E-state index in [9.17, 15) is 4.39 Å². The number of hydrogen-bond acceptors (Lipinski definition) is 4. The van der Waals surface area contributed by atoms with Crippen molar-refractivity contribution in [3.63, 3.8) is 0 Å². The first kappa shape index (κ1) is 10.5. The van der Waals surface area contributed by atoms with Crippen LogP contribution in [0.1, 0.15) is 6.92 Å². The fraction of sp³-hybridized carbons (Fsp3) is 0.455. The van der Waals surface area contributed by atoms with Crippen LogP contribution in [0.15, 0.2) is 18.3 Å². The van der Waals surface area contributed by atoms with Crippen LogP contribution in [0.3, 0.4) is 0 Å². The number of anilines is 1. The molecule has 0 bridgehead atoms. The van der Waals surface area contributed by atoms with Crippen molar-refractivity contribution in [3.8, 4) is 0 Å². The van der Waals surface area contributed by atoms with Crippen LogP contribution in [-0.4, -0.2) is 40.3 Å². The third-order valence-corrected chi connectivity index (χ3v) is 2.94. The standard InChI is InChI=1S/C11H14FN5/c1-8-6-16(5-4-13-8)11-14-10-3-2-9(12)7-17(10)15-11/h2-3,7-8,13H,4-6H2,1H3. The predicted molar refractivity (Wildman–Crippen MR) is 62.6 cm³/mol. The van der Waals surface area contributed by atoms with Gasteiger partial charge in [0.25, 0.3) is 0 Å². The number of pyridine rings is 1. The zero-order valence-electron chi connectivity index (χ0n) is 9.60. The molecule has 1 atom stereocenters. The van der Waals surface area contributed by atoms with Gasteiger partial charge in [0.2, 0.25) is 5.95 Å². The highest BCUT2D eigenvalue weighted by Gasteiger charge is 2.19. The van der Waals surface area contributed by atoms with Crippen LogP contribution in [0.5, 0.6) is 0 Å². The molecule has 0 saturated carbocycles. The van der Waals surface area contributed by atoms with Crippen LogP contribution in [-0.2, 0) is 0 Å². The fourth-order valence-corrected chi connectivity index (χ4v) is 2.09. The Morgan fingerprint density at radius 3 is 3.18 bits per heavy atom. The number of hydrogen-bond donors (Lipinski definition) is 1. The SMILES string of the molecule is CC1CN(c2nc3ccc(F)cn3n2)CCN1. The summed E-state index contributed by atoms with van der Waals surface area (Å²) in [4.78, 5) is 6.51. The van der Waals surface area contributed by atoms with Gasteiger partial charge in [-0.05, 0) is 19.1 Å². The molecular formula is C11H14FN5. The summed E-state index contributed by atoms with van der Waals surface area (Å²) < 4.78 is 14.5. The Morgan fingerprint density at radius 1 is 1.47 bits per heavy atom. The van der Waals surface area contributed by atoms with E-state index in [0.29, 0.717) is 17.6 Å². The average Bonchev–Trinajstić information content (AvgIpc) is 2.72. The van der Waals surface area contributed by atoms with Crippen molar-refractivity contribution in [2.45, 2.75) is 13.0 Å². The number of halogens is 1.